The summed E-state index contributed by atoms with van der Waals surface area (Å²) in [6, 6.07) is 13.2. The molecule has 0 radical (unpaired) electrons. The lowest BCUT2D eigenvalue weighted by atomic mass is 10.1. The number of piperazine rings is 1. The molecule has 0 saturated carbocycles. The van der Waals surface area contributed by atoms with E-state index in [1.165, 1.54) is 5.56 Å². The number of hydrogen-bond acceptors (Lipinski definition) is 6. The van der Waals surface area contributed by atoms with Crippen molar-refractivity contribution in [3.8, 4) is 11.5 Å². The summed E-state index contributed by atoms with van der Waals surface area (Å²) in [7, 11) is 3.16. The van der Waals surface area contributed by atoms with Gasteiger partial charge in [0.15, 0.2) is 0 Å². The molecule has 0 aliphatic carbocycles. The summed E-state index contributed by atoms with van der Waals surface area (Å²) >= 11 is 6.05. The number of carboxylic acids is 2. The number of carbonyl (C=O) groups is 3. The SMILES string of the molecule is COc1cc(OC)cc(C(=O)N2CCN(Cc3cccc(Cl)c3)CC2)c1.O=C(O)C(=O)O. The van der Waals surface area contributed by atoms with Crippen LogP contribution in [0.25, 0.3) is 0 Å². The highest BCUT2D eigenvalue weighted by Crippen LogP contribution is 2.24. The second-order valence-electron chi connectivity index (χ2n) is 6.91. The maximum atomic E-state index is 12.8. The highest BCUT2D eigenvalue weighted by Gasteiger charge is 2.23. The van der Waals surface area contributed by atoms with Crippen molar-refractivity contribution in [3.63, 3.8) is 0 Å². The standard InChI is InChI=1S/C20H23ClN2O3.C2H2O4/c1-25-18-11-16(12-19(13-18)26-2)20(24)23-8-6-22(7-9-23)14-15-4-3-5-17(21)10-15;3-1(4)2(5)6/h3-5,10-13H,6-9,14H2,1-2H3;(H,3,4)(H,5,6). The van der Waals surface area contributed by atoms with Crippen LogP contribution in [-0.4, -0.2) is 78.3 Å². The van der Waals surface area contributed by atoms with Crippen LogP contribution in [-0.2, 0) is 16.1 Å². The van der Waals surface area contributed by atoms with Gasteiger partial charge in [-0.25, -0.2) is 9.59 Å². The summed E-state index contributed by atoms with van der Waals surface area (Å²) in [4.78, 5) is 35.2. The molecule has 1 amide bonds. The maximum absolute atomic E-state index is 12.8. The average molecular weight is 465 g/mol. The van der Waals surface area contributed by atoms with Gasteiger partial charge in [0, 0.05) is 49.4 Å². The zero-order valence-electron chi connectivity index (χ0n) is 17.8. The van der Waals surface area contributed by atoms with E-state index in [0.29, 0.717) is 30.2 Å². The van der Waals surface area contributed by atoms with Crippen LogP contribution in [0.15, 0.2) is 42.5 Å². The van der Waals surface area contributed by atoms with Crippen LogP contribution in [0.1, 0.15) is 15.9 Å². The smallest absolute Gasteiger partial charge is 0.414 e. The van der Waals surface area contributed by atoms with Gasteiger partial charge < -0.3 is 24.6 Å². The lowest BCUT2D eigenvalue weighted by Gasteiger charge is -2.35. The predicted molar refractivity (Wildman–Crippen MR) is 117 cm³/mol. The molecule has 0 unspecified atom stereocenters. The van der Waals surface area contributed by atoms with Crippen molar-refractivity contribution in [2.45, 2.75) is 6.54 Å². The van der Waals surface area contributed by atoms with E-state index in [9.17, 15) is 4.79 Å². The first-order chi connectivity index (χ1) is 15.2. The number of ether oxygens (including phenoxy) is 2. The van der Waals surface area contributed by atoms with Crippen molar-refractivity contribution in [2.75, 3.05) is 40.4 Å². The van der Waals surface area contributed by atoms with Crippen LogP contribution >= 0.6 is 11.6 Å². The number of halogens is 1. The van der Waals surface area contributed by atoms with Crippen LogP contribution in [0.2, 0.25) is 5.02 Å². The van der Waals surface area contributed by atoms with Crippen LogP contribution in [0, 0.1) is 0 Å². The minimum absolute atomic E-state index is 0.00426. The van der Waals surface area contributed by atoms with E-state index in [0.717, 1.165) is 24.7 Å². The van der Waals surface area contributed by atoms with Gasteiger partial charge in [-0.05, 0) is 29.8 Å². The molecule has 10 heteroatoms. The molecular weight excluding hydrogens is 440 g/mol. The molecule has 0 spiro atoms. The summed E-state index contributed by atoms with van der Waals surface area (Å²) < 4.78 is 10.5. The molecule has 172 valence electrons. The first kappa shape index (κ1) is 25.0. The van der Waals surface area contributed by atoms with E-state index in [1.54, 1.807) is 32.4 Å². The minimum atomic E-state index is -1.82. The molecule has 1 heterocycles. The van der Waals surface area contributed by atoms with Crippen molar-refractivity contribution in [1.82, 2.24) is 9.80 Å². The molecule has 0 bridgehead atoms. The Kier molecular flexibility index (Phi) is 9.30. The Morgan fingerprint density at radius 1 is 0.906 bits per heavy atom. The number of amides is 1. The molecule has 32 heavy (non-hydrogen) atoms. The average Bonchev–Trinajstić information content (AvgIpc) is 2.79. The molecule has 1 fully saturated rings. The van der Waals surface area contributed by atoms with Gasteiger partial charge in [-0.3, -0.25) is 9.69 Å². The van der Waals surface area contributed by atoms with Crippen molar-refractivity contribution < 1.29 is 34.1 Å². The van der Waals surface area contributed by atoms with Crippen LogP contribution in [0.3, 0.4) is 0 Å². The third-order valence-corrected chi connectivity index (χ3v) is 4.97. The first-order valence-corrected chi connectivity index (χ1v) is 10.1. The number of carbonyl (C=O) groups excluding carboxylic acids is 1. The Morgan fingerprint density at radius 3 is 1.94 bits per heavy atom. The Balaban J connectivity index is 0.000000534. The Labute approximate surface area is 190 Å². The lowest BCUT2D eigenvalue weighted by molar-refractivity contribution is -0.159. The monoisotopic (exact) mass is 464 g/mol. The van der Waals surface area contributed by atoms with E-state index in [-0.39, 0.29) is 5.91 Å². The second kappa shape index (κ2) is 11.9. The fraction of sp³-hybridized carbons (Fsp3) is 0.318. The molecule has 9 nitrogen and oxygen atoms in total. The Hall–Kier alpha value is -3.30. The molecular formula is C22H25ClN2O7. The van der Waals surface area contributed by atoms with Crippen molar-refractivity contribution in [3.05, 3.63) is 58.6 Å². The minimum Gasteiger partial charge on any atom is -0.497 e. The van der Waals surface area contributed by atoms with E-state index in [2.05, 4.69) is 11.0 Å². The molecule has 2 aromatic carbocycles. The van der Waals surface area contributed by atoms with Gasteiger partial charge in [-0.1, -0.05) is 23.7 Å². The van der Waals surface area contributed by atoms with E-state index < -0.39 is 11.9 Å². The summed E-state index contributed by atoms with van der Waals surface area (Å²) in [5.74, 6) is -2.41. The molecule has 0 atom stereocenters. The van der Waals surface area contributed by atoms with Crippen LogP contribution < -0.4 is 9.47 Å². The zero-order valence-corrected chi connectivity index (χ0v) is 18.5. The van der Waals surface area contributed by atoms with E-state index in [4.69, 9.17) is 40.9 Å². The van der Waals surface area contributed by atoms with Crippen molar-refractivity contribution >= 4 is 29.4 Å². The van der Waals surface area contributed by atoms with Gasteiger partial charge >= 0.3 is 11.9 Å². The summed E-state index contributed by atoms with van der Waals surface area (Å²) in [5.41, 5.74) is 1.78. The molecule has 1 aliphatic rings. The predicted octanol–water partition coefficient (Wildman–Crippen LogP) is 2.47. The third kappa shape index (κ3) is 7.44. The number of rotatable bonds is 5. The van der Waals surface area contributed by atoms with Crippen LogP contribution in [0.5, 0.6) is 11.5 Å². The van der Waals surface area contributed by atoms with Crippen LogP contribution in [0.4, 0.5) is 0 Å². The van der Waals surface area contributed by atoms with E-state index in [1.807, 2.05) is 23.1 Å². The zero-order chi connectivity index (χ0) is 23.7. The highest BCUT2D eigenvalue weighted by atomic mass is 35.5. The molecule has 0 aromatic heterocycles. The summed E-state index contributed by atoms with van der Waals surface area (Å²) in [6.07, 6.45) is 0. The first-order valence-electron chi connectivity index (χ1n) is 9.69. The number of aliphatic carboxylic acids is 2. The topological polar surface area (TPSA) is 117 Å². The van der Waals surface area contributed by atoms with Gasteiger partial charge in [0.25, 0.3) is 5.91 Å². The molecule has 2 N–H and O–H groups in total. The van der Waals surface area contributed by atoms with Gasteiger partial charge in [0.2, 0.25) is 0 Å². The van der Waals surface area contributed by atoms with Gasteiger partial charge in [-0.15, -0.1) is 0 Å². The Bertz CT molecular complexity index is 925. The van der Waals surface area contributed by atoms with Crippen molar-refractivity contribution in [1.29, 1.82) is 0 Å². The van der Waals surface area contributed by atoms with Gasteiger partial charge in [-0.2, -0.15) is 0 Å². The second-order valence-corrected chi connectivity index (χ2v) is 7.35. The fourth-order valence-corrected chi connectivity index (χ4v) is 3.33. The van der Waals surface area contributed by atoms with E-state index >= 15 is 0 Å². The fourth-order valence-electron chi connectivity index (χ4n) is 3.12. The molecule has 3 rings (SSSR count). The summed E-state index contributed by atoms with van der Waals surface area (Å²) in [6.45, 7) is 3.89. The van der Waals surface area contributed by atoms with Gasteiger partial charge in [0.05, 0.1) is 14.2 Å². The number of nitrogens with zero attached hydrogens (tertiary/aromatic N) is 2. The largest absolute Gasteiger partial charge is 0.497 e. The Morgan fingerprint density at radius 2 is 1.47 bits per heavy atom. The number of carboxylic acid groups (broad SMARTS) is 2. The molecule has 2 aromatic rings. The quantitative estimate of drug-likeness (QED) is 0.648. The van der Waals surface area contributed by atoms with Crippen molar-refractivity contribution in [2.24, 2.45) is 0 Å². The number of methoxy groups -OCH3 is 2. The van der Waals surface area contributed by atoms with Gasteiger partial charge in [0.1, 0.15) is 11.5 Å². The molecule has 1 aliphatic heterocycles. The maximum Gasteiger partial charge on any atom is 0.414 e. The number of hydrogen-bond donors (Lipinski definition) is 2. The highest BCUT2D eigenvalue weighted by molar-refractivity contribution is 6.30. The third-order valence-electron chi connectivity index (χ3n) is 4.74. The normalized spacial score (nSPS) is 13.5. The summed E-state index contributed by atoms with van der Waals surface area (Å²) in [5, 5.41) is 15.5. The lowest BCUT2D eigenvalue weighted by Crippen LogP contribution is -2.48. The molecule has 1 saturated heterocycles. The number of benzene rings is 2.